The first-order valence-corrected chi connectivity index (χ1v) is 5.51. The molecule has 0 unspecified atom stereocenters. The molecule has 0 aliphatic heterocycles. The number of carboxylic acid groups (broad SMARTS) is 1. The maximum atomic E-state index is 11.0. The summed E-state index contributed by atoms with van der Waals surface area (Å²) in [6.07, 6.45) is 1.30. The average Bonchev–Trinajstić information content (AvgIpc) is 2.40. The lowest BCUT2D eigenvalue weighted by Crippen LogP contribution is -2.03. The second-order valence-corrected chi connectivity index (χ2v) is 3.74. The zero-order chi connectivity index (χ0) is 13.7. The fourth-order valence-corrected chi connectivity index (χ4v) is 1.53. The Morgan fingerprint density at radius 3 is 2.95 bits per heavy atom. The second-order valence-electron chi connectivity index (χ2n) is 3.74. The van der Waals surface area contributed by atoms with E-state index in [0.29, 0.717) is 12.4 Å². The third-order valence-corrected chi connectivity index (χ3v) is 2.34. The number of carbonyl (C=O) groups is 1. The first kappa shape index (κ1) is 13.0. The van der Waals surface area contributed by atoms with Gasteiger partial charge in [-0.05, 0) is 23.8 Å². The average molecular weight is 260 g/mol. The van der Waals surface area contributed by atoms with Gasteiger partial charge in [0.1, 0.15) is 11.3 Å². The highest BCUT2D eigenvalue weighted by molar-refractivity contribution is 5.90. The molecule has 0 fully saturated rings. The fourth-order valence-electron chi connectivity index (χ4n) is 1.53. The lowest BCUT2D eigenvalue weighted by molar-refractivity contribution is 0.0693. The molecular weight excluding hydrogens is 248 g/mol. The van der Waals surface area contributed by atoms with Crippen molar-refractivity contribution in [3.8, 4) is 11.6 Å². The summed E-state index contributed by atoms with van der Waals surface area (Å²) in [7, 11) is 1.60. The molecule has 1 aromatic heterocycles. The van der Waals surface area contributed by atoms with Crippen molar-refractivity contribution in [2.45, 2.75) is 6.61 Å². The number of hydrogen-bond acceptors (Lipinski definition) is 5. The topological polar surface area (TPSA) is 81.5 Å². The van der Waals surface area contributed by atoms with Crippen molar-refractivity contribution in [2.75, 3.05) is 7.11 Å². The zero-order valence-corrected chi connectivity index (χ0v) is 10.2. The van der Waals surface area contributed by atoms with Gasteiger partial charge in [-0.2, -0.15) is 5.10 Å². The van der Waals surface area contributed by atoms with E-state index in [4.69, 9.17) is 14.6 Å². The molecule has 0 amide bonds. The Kier molecular flexibility index (Phi) is 4.04. The maximum Gasteiger partial charge on any atom is 0.341 e. The molecule has 98 valence electrons. The smallest absolute Gasteiger partial charge is 0.341 e. The van der Waals surface area contributed by atoms with Crippen LogP contribution >= 0.6 is 0 Å². The van der Waals surface area contributed by atoms with Gasteiger partial charge >= 0.3 is 5.97 Å². The summed E-state index contributed by atoms with van der Waals surface area (Å²) in [4.78, 5) is 11.0. The van der Waals surface area contributed by atoms with Crippen LogP contribution in [0.15, 0.2) is 36.5 Å². The van der Waals surface area contributed by atoms with Crippen LogP contribution in [-0.4, -0.2) is 28.4 Å². The van der Waals surface area contributed by atoms with E-state index in [0.717, 1.165) is 5.56 Å². The number of aromatic nitrogens is 2. The summed E-state index contributed by atoms with van der Waals surface area (Å²) >= 11 is 0. The van der Waals surface area contributed by atoms with Gasteiger partial charge in [-0.3, -0.25) is 0 Å². The van der Waals surface area contributed by atoms with E-state index in [1.165, 1.54) is 12.3 Å². The Morgan fingerprint density at radius 1 is 1.37 bits per heavy atom. The van der Waals surface area contributed by atoms with E-state index in [1.54, 1.807) is 25.3 Å². The SMILES string of the molecule is COCc1cccc(Oc2nnccc2C(=O)O)c1. The molecule has 6 nitrogen and oxygen atoms in total. The van der Waals surface area contributed by atoms with Crippen LogP contribution in [0.4, 0.5) is 0 Å². The second kappa shape index (κ2) is 5.92. The van der Waals surface area contributed by atoms with Gasteiger partial charge in [0, 0.05) is 7.11 Å². The van der Waals surface area contributed by atoms with E-state index in [2.05, 4.69) is 10.2 Å². The van der Waals surface area contributed by atoms with Crippen LogP contribution in [0.3, 0.4) is 0 Å². The van der Waals surface area contributed by atoms with Crippen molar-refractivity contribution in [3.05, 3.63) is 47.7 Å². The molecular formula is C13H12N2O4. The Labute approximate surface area is 109 Å². The van der Waals surface area contributed by atoms with Crippen molar-refractivity contribution < 1.29 is 19.4 Å². The number of rotatable bonds is 5. The molecule has 2 aromatic rings. The van der Waals surface area contributed by atoms with E-state index in [1.807, 2.05) is 6.07 Å². The molecule has 0 spiro atoms. The minimum atomic E-state index is -1.11. The van der Waals surface area contributed by atoms with Crippen LogP contribution in [0, 0.1) is 0 Å². The van der Waals surface area contributed by atoms with Gasteiger partial charge in [-0.25, -0.2) is 4.79 Å². The summed E-state index contributed by atoms with van der Waals surface area (Å²) in [6, 6.07) is 8.47. The van der Waals surface area contributed by atoms with E-state index < -0.39 is 5.97 Å². The van der Waals surface area contributed by atoms with E-state index in [9.17, 15) is 4.79 Å². The number of methoxy groups -OCH3 is 1. The summed E-state index contributed by atoms with van der Waals surface area (Å²) in [6.45, 7) is 0.448. The lowest BCUT2D eigenvalue weighted by Gasteiger charge is -2.07. The summed E-state index contributed by atoms with van der Waals surface area (Å²) in [5.74, 6) is -0.667. The molecule has 2 rings (SSSR count). The van der Waals surface area contributed by atoms with Crippen LogP contribution in [0.2, 0.25) is 0 Å². The summed E-state index contributed by atoms with van der Waals surface area (Å²) < 4.78 is 10.5. The molecule has 0 saturated carbocycles. The van der Waals surface area contributed by atoms with Crippen molar-refractivity contribution in [3.63, 3.8) is 0 Å². The number of aromatic carboxylic acids is 1. The highest BCUT2D eigenvalue weighted by Crippen LogP contribution is 2.23. The number of nitrogens with zero attached hydrogens (tertiary/aromatic N) is 2. The molecule has 1 N–H and O–H groups in total. The predicted octanol–water partition coefficient (Wildman–Crippen LogP) is 2.11. The normalized spacial score (nSPS) is 10.2. The van der Waals surface area contributed by atoms with Crippen LogP contribution in [-0.2, 0) is 11.3 Å². The van der Waals surface area contributed by atoms with Crippen LogP contribution < -0.4 is 4.74 Å². The van der Waals surface area contributed by atoms with Crippen LogP contribution in [0.1, 0.15) is 15.9 Å². The highest BCUT2D eigenvalue weighted by Gasteiger charge is 2.13. The monoisotopic (exact) mass is 260 g/mol. The molecule has 1 heterocycles. The first-order valence-electron chi connectivity index (χ1n) is 5.51. The Morgan fingerprint density at radius 2 is 2.21 bits per heavy atom. The van der Waals surface area contributed by atoms with Gasteiger partial charge in [-0.1, -0.05) is 12.1 Å². The third kappa shape index (κ3) is 3.26. The lowest BCUT2D eigenvalue weighted by atomic mass is 10.2. The maximum absolute atomic E-state index is 11.0. The predicted molar refractivity (Wildman–Crippen MR) is 66.2 cm³/mol. The molecule has 1 aromatic carbocycles. The minimum absolute atomic E-state index is 0.0351. The molecule has 0 saturated heterocycles. The molecule has 0 radical (unpaired) electrons. The van der Waals surface area contributed by atoms with Crippen molar-refractivity contribution in [1.29, 1.82) is 0 Å². The molecule has 6 heteroatoms. The first-order chi connectivity index (χ1) is 9.20. The van der Waals surface area contributed by atoms with E-state index in [-0.39, 0.29) is 11.4 Å². The Balaban J connectivity index is 2.26. The summed E-state index contributed by atoms with van der Waals surface area (Å²) in [5, 5.41) is 16.3. The Hall–Kier alpha value is -2.47. The van der Waals surface area contributed by atoms with Crippen molar-refractivity contribution >= 4 is 5.97 Å². The highest BCUT2D eigenvalue weighted by atomic mass is 16.5. The molecule has 0 atom stereocenters. The van der Waals surface area contributed by atoms with E-state index >= 15 is 0 Å². The zero-order valence-electron chi connectivity index (χ0n) is 10.2. The van der Waals surface area contributed by atoms with Crippen molar-refractivity contribution in [1.82, 2.24) is 10.2 Å². The van der Waals surface area contributed by atoms with Gasteiger partial charge in [-0.15, -0.1) is 5.10 Å². The number of ether oxygens (including phenoxy) is 2. The quantitative estimate of drug-likeness (QED) is 0.886. The standard InChI is InChI=1S/C13H12N2O4/c1-18-8-9-3-2-4-10(7-9)19-12-11(13(16)17)5-6-14-15-12/h2-7H,8H2,1H3,(H,16,17). The number of hydrogen-bond donors (Lipinski definition) is 1. The molecule has 0 aliphatic rings. The van der Waals surface area contributed by atoms with Crippen LogP contribution in [0.25, 0.3) is 0 Å². The summed E-state index contributed by atoms with van der Waals surface area (Å²) in [5.41, 5.74) is 0.882. The fraction of sp³-hybridized carbons (Fsp3) is 0.154. The van der Waals surface area contributed by atoms with Gasteiger partial charge in [0.25, 0.3) is 5.88 Å². The third-order valence-electron chi connectivity index (χ3n) is 2.34. The van der Waals surface area contributed by atoms with Gasteiger partial charge in [0.05, 0.1) is 12.8 Å². The molecule has 19 heavy (non-hydrogen) atoms. The van der Waals surface area contributed by atoms with Gasteiger partial charge in [0.2, 0.25) is 0 Å². The molecule has 0 bridgehead atoms. The van der Waals surface area contributed by atoms with Gasteiger partial charge in [0.15, 0.2) is 0 Å². The van der Waals surface area contributed by atoms with Crippen LogP contribution in [0.5, 0.6) is 11.6 Å². The number of carboxylic acids is 1. The largest absolute Gasteiger partial charge is 0.477 e. The van der Waals surface area contributed by atoms with Crippen molar-refractivity contribution in [2.24, 2.45) is 0 Å². The Bertz CT molecular complexity index is 586. The van der Waals surface area contributed by atoms with Gasteiger partial charge < -0.3 is 14.6 Å². The number of benzene rings is 1. The minimum Gasteiger partial charge on any atom is -0.477 e. The molecule has 0 aliphatic carbocycles.